The molecule has 2 aromatic carbocycles. The number of nitrogens with zero attached hydrogens (tertiary/aromatic N) is 1. The maximum absolute atomic E-state index is 13.6. The Morgan fingerprint density at radius 2 is 1.76 bits per heavy atom. The fraction of sp³-hybridized carbons (Fsp3) is 0.150. The summed E-state index contributed by atoms with van der Waals surface area (Å²) in [5, 5.41) is 11.2. The molecule has 9 heteroatoms. The number of ether oxygens (including phenoxy) is 2. The fourth-order valence-corrected chi connectivity index (χ4v) is 2.14. The molecule has 0 bridgehead atoms. The minimum absolute atomic E-state index is 0.381. The largest absolute Gasteiger partial charge is 0.497 e. The number of halogens is 3. The van der Waals surface area contributed by atoms with Crippen LogP contribution in [0.5, 0.6) is 5.75 Å². The third-order valence-electron chi connectivity index (χ3n) is 3.71. The molecule has 0 unspecified atom stereocenters. The van der Waals surface area contributed by atoms with Gasteiger partial charge in [-0.15, -0.1) is 0 Å². The molecular weight excluding hydrogens is 389 g/mol. The van der Waals surface area contributed by atoms with E-state index >= 15 is 0 Å². The van der Waals surface area contributed by atoms with Crippen molar-refractivity contribution >= 4 is 23.6 Å². The van der Waals surface area contributed by atoms with E-state index in [1.807, 2.05) is 5.32 Å². The average Bonchev–Trinajstić information content (AvgIpc) is 2.72. The van der Waals surface area contributed by atoms with Crippen LogP contribution < -0.4 is 10.1 Å². The van der Waals surface area contributed by atoms with Gasteiger partial charge < -0.3 is 14.8 Å². The summed E-state index contributed by atoms with van der Waals surface area (Å²) in [6.07, 6.45) is -0.191. The molecule has 1 amide bonds. The molecule has 0 fully saturated rings. The van der Waals surface area contributed by atoms with Crippen LogP contribution in [0.2, 0.25) is 0 Å². The topological polar surface area (TPSA) is 88.4 Å². The molecule has 29 heavy (non-hydrogen) atoms. The van der Waals surface area contributed by atoms with Gasteiger partial charge in [-0.2, -0.15) is 5.26 Å². The highest BCUT2D eigenvalue weighted by atomic mass is 19.2. The SMILES string of the molecule is COc1ccc(/C=C(\C#N)C(=O)O[C@@H](C)C(=O)Nc2ccc(F)c(F)c2F)cc1. The van der Waals surface area contributed by atoms with Crippen molar-refractivity contribution in [2.24, 2.45) is 0 Å². The number of rotatable bonds is 6. The van der Waals surface area contributed by atoms with E-state index in [1.54, 1.807) is 30.3 Å². The number of amides is 1. The molecule has 2 aromatic rings. The van der Waals surface area contributed by atoms with Crippen molar-refractivity contribution in [3.63, 3.8) is 0 Å². The van der Waals surface area contributed by atoms with Crippen LogP contribution in [0.15, 0.2) is 42.0 Å². The Hall–Kier alpha value is -3.80. The number of hydrogen-bond acceptors (Lipinski definition) is 5. The van der Waals surface area contributed by atoms with Gasteiger partial charge >= 0.3 is 5.97 Å². The molecular formula is C20H15F3N2O4. The summed E-state index contributed by atoms with van der Waals surface area (Å²) in [6, 6.07) is 9.58. The second-order valence-corrected chi connectivity index (χ2v) is 5.70. The number of esters is 1. The monoisotopic (exact) mass is 404 g/mol. The van der Waals surface area contributed by atoms with Crippen LogP contribution in [-0.2, 0) is 14.3 Å². The first-order valence-electron chi connectivity index (χ1n) is 8.18. The highest BCUT2D eigenvalue weighted by molar-refractivity contribution is 6.01. The molecule has 0 saturated heterocycles. The van der Waals surface area contributed by atoms with Crippen molar-refractivity contribution in [3.05, 3.63) is 65.0 Å². The Morgan fingerprint density at radius 1 is 1.10 bits per heavy atom. The summed E-state index contributed by atoms with van der Waals surface area (Å²) in [4.78, 5) is 24.2. The Morgan fingerprint density at radius 3 is 2.34 bits per heavy atom. The molecule has 0 aliphatic carbocycles. The first kappa shape index (κ1) is 21.5. The zero-order chi connectivity index (χ0) is 21.6. The molecule has 0 heterocycles. The smallest absolute Gasteiger partial charge is 0.349 e. The molecule has 0 aliphatic rings. The first-order valence-corrected chi connectivity index (χ1v) is 8.18. The predicted octanol–water partition coefficient (Wildman–Crippen LogP) is 3.59. The third-order valence-corrected chi connectivity index (χ3v) is 3.71. The maximum Gasteiger partial charge on any atom is 0.349 e. The second kappa shape index (κ2) is 9.41. The first-order chi connectivity index (χ1) is 13.8. The quantitative estimate of drug-likeness (QED) is 0.344. The molecule has 0 aliphatic heterocycles. The lowest BCUT2D eigenvalue weighted by Gasteiger charge is -2.14. The Bertz CT molecular complexity index is 998. The summed E-state index contributed by atoms with van der Waals surface area (Å²) in [6.45, 7) is 1.17. The Labute approximate surface area is 164 Å². The van der Waals surface area contributed by atoms with Crippen LogP contribution in [0.25, 0.3) is 6.08 Å². The summed E-state index contributed by atoms with van der Waals surface area (Å²) in [5.41, 5.74) is -0.486. The lowest BCUT2D eigenvalue weighted by Crippen LogP contribution is -2.30. The number of nitriles is 1. The van der Waals surface area contributed by atoms with Gasteiger partial charge in [0.15, 0.2) is 23.6 Å². The number of carbonyl (C=O) groups excluding carboxylic acids is 2. The normalized spacial score (nSPS) is 11.9. The zero-order valence-electron chi connectivity index (χ0n) is 15.3. The van der Waals surface area contributed by atoms with Gasteiger partial charge in [-0.05, 0) is 42.8 Å². The Balaban J connectivity index is 2.07. The number of carbonyl (C=O) groups is 2. The van der Waals surface area contributed by atoms with E-state index < -0.39 is 41.1 Å². The molecule has 0 radical (unpaired) electrons. The van der Waals surface area contributed by atoms with Crippen LogP contribution in [0, 0.1) is 28.8 Å². The molecule has 1 atom stereocenters. The zero-order valence-corrected chi connectivity index (χ0v) is 15.3. The maximum atomic E-state index is 13.6. The van der Waals surface area contributed by atoms with E-state index in [-0.39, 0.29) is 5.57 Å². The van der Waals surface area contributed by atoms with E-state index in [2.05, 4.69) is 0 Å². The van der Waals surface area contributed by atoms with Gasteiger partial charge in [0.1, 0.15) is 17.4 Å². The van der Waals surface area contributed by atoms with E-state index in [1.165, 1.54) is 20.1 Å². The molecule has 150 valence electrons. The van der Waals surface area contributed by atoms with Crippen molar-refractivity contribution in [2.45, 2.75) is 13.0 Å². The third kappa shape index (κ3) is 5.35. The van der Waals surface area contributed by atoms with Crippen LogP contribution in [0.3, 0.4) is 0 Å². The van der Waals surface area contributed by atoms with Crippen molar-refractivity contribution in [2.75, 3.05) is 12.4 Å². The van der Waals surface area contributed by atoms with Crippen molar-refractivity contribution in [1.82, 2.24) is 0 Å². The summed E-state index contributed by atoms with van der Waals surface area (Å²) < 4.78 is 49.7. The summed E-state index contributed by atoms with van der Waals surface area (Å²) in [5.74, 6) is -6.25. The number of methoxy groups -OCH3 is 1. The van der Waals surface area contributed by atoms with Gasteiger partial charge in [-0.25, -0.2) is 18.0 Å². The molecule has 1 N–H and O–H groups in total. The number of nitrogens with one attached hydrogen (secondary N) is 1. The van der Waals surface area contributed by atoms with E-state index in [0.717, 1.165) is 6.07 Å². The average molecular weight is 404 g/mol. The van der Waals surface area contributed by atoms with Crippen LogP contribution >= 0.6 is 0 Å². The highest BCUT2D eigenvalue weighted by Gasteiger charge is 2.23. The van der Waals surface area contributed by atoms with Crippen molar-refractivity contribution in [1.29, 1.82) is 5.26 Å². The van der Waals surface area contributed by atoms with Gasteiger partial charge in [0.25, 0.3) is 5.91 Å². The minimum Gasteiger partial charge on any atom is -0.497 e. The van der Waals surface area contributed by atoms with Crippen molar-refractivity contribution in [3.8, 4) is 11.8 Å². The molecule has 0 saturated carbocycles. The summed E-state index contributed by atoms with van der Waals surface area (Å²) >= 11 is 0. The second-order valence-electron chi connectivity index (χ2n) is 5.70. The predicted molar refractivity (Wildman–Crippen MR) is 97.1 cm³/mol. The fourth-order valence-electron chi connectivity index (χ4n) is 2.14. The van der Waals surface area contributed by atoms with Gasteiger partial charge in [0.2, 0.25) is 0 Å². The molecule has 0 spiro atoms. The summed E-state index contributed by atoms with van der Waals surface area (Å²) in [7, 11) is 1.49. The van der Waals surface area contributed by atoms with Gasteiger partial charge in [0, 0.05) is 0 Å². The van der Waals surface area contributed by atoms with E-state index in [0.29, 0.717) is 17.4 Å². The number of anilines is 1. The molecule has 0 aromatic heterocycles. The lowest BCUT2D eigenvalue weighted by molar-refractivity contribution is -0.148. The van der Waals surface area contributed by atoms with Crippen LogP contribution in [-0.4, -0.2) is 25.1 Å². The standard InChI is InChI=1S/C20H15F3N2O4/c1-11(19(26)25-16-8-7-15(21)17(22)18(16)23)29-20(27)13(10-24)9-12-3-5-14(28-2)6-4-12/h3-9,11H,1-2H3,(H,25,26)/b13-9+/t11-/m0/s1. The van der Waals surface area contributed by atoms with Crippen molar-refractivity contribution < 1.29 is 32.2 Å². The highest BCUT2D eigenvalue weighted by Crippen LogP contribution is 2.20. The lowest BCUT2D eigenvalue weighted by atomic mass is 10.1. The molecule has 2 rings (SSSR count). The van der Waals surface area contributed by atoms with Gasteiger partial charge in [0.05, 0.1) is 12.8 Å². The van der Waals surface area contributed by atoms with Crippen LogP contribution in [0.4, 0.5) is 18.9 Å². The number of benzene rings is 2. The van der Waals surface area contributed by atoms with E-state index in [4.69, 9.17) is 14.7 Å². The van der Waals surface area contributed by atoms with Crippen LogP contribution in [0.1, 0.15) is 12.5 Å². The van der Waals surface area contributed by atoms with Gasteiger partial charge in [-0.1, -0.05) is 12.1 Å². The van der Waals surface area contributed by atoms with E-state index in [9.17, 15) is 22.8 Å². The number of hydrogen-bond donors (Lipinski definition) is 1. The minimum atomic E-state index is -1.75. The molecule has 6 nitrogen and oxygen atoms in total. The Kier molecular flexibility index (Phi) is 6.98. The van der Waals surface area contributed by atoms with Gasteiger partial charge in [-0.3, -0.25) is 4.79 Å².